The smallest absolute Gasteiger partial charge is 0.278 e. The number of nitrogens with one attached hydrogen (secondary N) is 2. The number of hydrogen-bond donors (Lipinski definition) is 2. The number of hydrogen-bond acceptors (Lipinski definition) is 5. The normalized spacial score (nSPS) is 11.5. The highest BCUT2D eigenvalue weighted by Crippen LogP contribution is 2.29. The first-order chi connectivity index (χ1) is 17.9. The number of nitro benzene ring substituents is 1. The third kappa shape index (κ3) is 6.28. The molecule has 0 saturated carbocycles. The van der Waals surface area contributed by atoms with E-state index < -0.39 is 16.9 Å². The van der Waals surface area contributed by atoms with Crippen molar-refractivity contribution in [3.8, 4) is 11.3 Å². The van der Waals surface area contributed by atoms with Crippen molar-refractivity contribution >= 4 is 33.4 Å². The zero-order valence-electron chi connectivity index (χ0n) is 19.9. The maximum atomic E-state index is 13.5. The summed E-state index contributed by atoms with van der Waals surface area (Å²) in [7, 11) is 1.51. The Labute approximate surface area is 221 Å². The van der Waals surface area contributed by atoms with Crippen LogP contribution in [0.25, 0.3) is 11.3 Å². The molecule has 3 aromatic carbocycles. The Balaban J connectivity index is 1.70. The molecule has 0 aliphatic heterocycles. The van der Waals surface area contributed by atoms with Gasteiger partial charge in [0.1, 0.15) is 17.4 Å². The number of likely N-dealkylation sites (N-methyl/N-ethyl adjacent to an activating group) is 1. The van der Waals surface area contributed by atoms with Gasteiger partial charge in [-0.25, -0.2) is 0 Å². The number of halogens is 1. The summed E-state index contributed by atoms with van der Waals surface area (Å²) in [5.74, 6) is -0.863. The van der Waals surface area contributed by atoms with Crippen LogP contribution in [0, 0.1) is 10.1 Å². The largest absolute Gasteiger partial charge is 0.357 e. The van der Waals surface area contributed by atoms with Crippen LogP contribution in [0.5, 0.6) is 0 Å². The zero-order valence-corrected chi connectivity index (χ0v) is 21.5. The highest BCUT2D eigenvalue weighted by molar-refractivity contribution is 9.10. The van der Waals surface area contributed by atoms with E-state index in [0.717, 1.165) is 15.6 Å². The molecule has 2 N–H and O–H groups in total. The molecule has 1 atom stereocenters. The summed E-state index contributed by atoms with van der Waals surface area (Å²) in [5.41, 5.74) is 2.41. The van der Waals surface area contributed by atoms with Crippen molar-refractivity contribution in [1.82, 2.24) is 20.4 Å². The summed E-state index contributed by atoms with van der Waals surface area (Å²) in [5, 5.41) is 21.6. The van der Waals surface area contributed by atoms with Gasteiger partial charge in [0.25, 0.3) is 11.6 Å². The Hall–Kier alpha value is -4.31. The Kier molecular flexibility index (Phi) is 8.09. The van der Waals surface area contributed by atoms with Crippen LogP contribution in [0.4, 0.5) is 5.69 Å². The van der Waals surface area contributed by atoms with Gasteiger partial charge in [0, 0.05) is 24.0 Å². The molecule has 0 fully saturated rings. The SMILES string of the molecule is CNC(=O)[C@H](Cc1cccc(Br)c1)NC(=O)c1cc(-c2ccccc2[N+](=O)[O-])nn1Cc1ccccc1. The fourth-order valence-corrected chi connectivity index (χ4v) is 4.42. The highest BCUT2D eigenvalue weighted by Gasteiger charge is 2.26. The molecule has 4 aromatic rings. The molecule has 4 rings (SSSR count). The van der Waals surface area contributed by atoms with Gasteiger partial charge in [-0.2, -0.15) is 5.10 Å². The lowest BCUT2D eigenvalue weighted by Crippen LogP contribution is -2.47. The fourth-order valence-electron chi connectivity index (χ4n) is 3.97. The molecule has 0 aliphatic carbocycles. The van der Waals surface area contributed by atoms with Gasteiger partial charge in [-0.15, -0.1) is 0 Å². The minimum atomic E-state index is -0.846. The molecule has 1 aromatic heterocycles. The molecule has 9 nitrogen and oxygen atoms in total. The number of carbonyl (C=O) groups is 2. The van der Waals surface area contributed by atoms with Crippen LogP contribution in [0.15, 0.2) is 89.4 Å². The summed E-state index contributed by atoms with van der Waals surface area (Å²) < 4.78 is 2.36. The highest BCUT2D eigenvalue weighted by atomic mass is 79.9. The van der Waals surface area contributed by atoms with E-state index in [-0.39, 0.29) is 35.9 Å². The molecule has 0 saturated heterocycles. The van der Waals surface area contributed by atoms with Crippen LogP contribution in [-0.2, 0) is 17.8 Å². The molecule has 1 heterocycles. The van der Waals surface area contributed by atoms with E-state index in [1.165, 1.54) is 23.9 Å². The lowest BCUT2D eigenvalue weighted by atomic mass is 10.0. The lowest BCUT2D eigenvalue weighted by molar-refractivity contribution is -0.384. The molecule has 10 heteroatoms. The standard InChI is InChI=1S/C27H24BrN5O4/c1-29-26(34)23(15-19-10-7-11-20(28)14-19)30-27(35)25-16-22(21-12-5-6-13-24(21)33(36)37)31-32(25)17-18-8-3-2-4-9-18/h2-14,16,23H,15,17H2,1H3,(H,29,34)(H,30,35)/t23-/m0/s1. The minimum absolute atomic E-state index is 0.114. The van der Waals surface area contributed by atoms with Crippen molar-refractivity contribution in [1.29, 1.82) is 0 Å². The molecule has 0 radical (unpaired) electrons. The first kappa shape index (κ1) is 25.8. The van der Waals surface area contributed by atoms with Crippen molar-refractivity contribution in [2.24, 2.45) is 0 Å². The van der Waals surface area contributed by atoms with E-state index in [0.29, 0.717) is 5.56 Å². The van der Waals surface area contributed by atoms with Crippen molar-refractivity contribution in [3.05, 3.63) is 116 Å². The number of nitrogens with zero attached hydrogens (tertiary/aromatic N) is 3. The van der Waals surface area contributed by atoms with Gasteiger partial charge >= 0.3 is 0 Å². The van der Waals surface area contributed by atoms with Crippen molar-refractivity contribution in [3.63, 3.8) is 0 Å². The van der Waals surface area contributed by atoms with E-state index in [4.69, 9.17) is 0 Å². The third-order valence-electron chi connectivity index (χ3n) is 5.76. The van der Waals surface area contributed by atoms with Gasteiger partial charge in [-0.3, -0.25) is 24.4 Å². The number of rotatable bonds is 9. The summed E-state index contributed by atoms with van der Waals surface area (Å²) >= 11 is 3.43. The maximum Gasteiger partial charge on any atom is 0.278 e. The van der Waals surface area contributed by atoms with E-state index in [9.17, 15) is 19.7 Å². The third-order valence-corrected chi connectivity index (χ3v) is 6.25. The predicted molar refractivity (Wildman–Crippen MR) is 143 cm³/mol. The Morgan fingerprint density at radius 3 is 2.41 bits per heavy atom. The zero-order chi connectivity index (χ0) is 26.4. The number of nitro groups is 1. The average Bonchev–Trinajstić information content (AvgIpc) is 3.32. The van der Waals surface area contributed by atoms with Crippen LogP contribution in [0.1, 0.15) is 21.6 Å². The topological polar surface area (TPSA) is 119 Å². The van der Waals surface area contributed by atoms with Crippen LogP contribution in [-0.4, -0.2) is 39.6 Å². The van der Waals surface area contributed by atoms with Crippen LogP contribution >= 0.6 is 15.9 Å². The quantitative estimate of drug-likeness (QED) is 0.232. The second-order valence-corrected chi connectivity index (χ2v) is 9.22. The Morgan fingerprint density at radius 1 is 1.00 bits per heavy atom. The van der Waals surface area contributed by atoms with Crippen molar-refractivity contribution < 1.29 is 14.5 Å². The first-order valence-electron chi connectivity index (χ1n) is 11.5. The minimum Gasteiger partial charge on any atom is -0.357 e. The van der Waals surface area contributed by atoms with Gasteiger partial charge in [0.05, 0.1) is 17.0 Å². The molecule has 0 unspecified atom stereocenters. The summed E-state index contributed by atoms with van der Waals surface area (Å²) in [6.45, 7) is 0.264. The molecular weight excluding hydrogens is 538 g/mol. The molecule has 0 bridgehead atoms. The average molecular weight is 562 g/mol. The molecule has 0 aliphatic rings. The van der Waals surface area contributed by atoms with Crippen LogP contribution < -0.4 is 10.6 Å². The summed E-state index contributed by atoms with van der Waals surface area (Å²) in [4.78, 5) is 37.3. The predicted octanol–water partition coefficient (Wildman–Crippen LogP) is 4.36. The number of benzene rings is 3. The molecule has 0 spiro atoms. The van der Waals surface area contributed by atoms with Gasteiger partial charge in [-0.1, -0.05) is 70.5 Å². The molecule has 188 valence electrons. The van der Waals surface area contributed by atoms with Crippen LogP contribution in [0.3, 0.4) is 0 Å². The summed E-state index contributed by atoms with van der Waals surface area (Å²) in [6, 6.07) is 23.8. The number of aromatic nitrogens is 2. The van der Waals surface area contributed by atoms with E-state index >= 15 is 0 Å². The number of amides is 2. The molecular formula is C27H24BrN5O4. The number of carbonyl (C=O) groups excluding carboxylic acids is 2. The monoisotopic (exact) mass is 561 g/mol. The first-order valence-corrected chi connectivity index (χ1v) is 12.3. The Morgan fingerprint density at radius 2 is 1.70 bits per heavy atom. The second-order valence-electron chi connectivity index (χ2n) is 8.31. The Bertz CT molecular complexity index is 1440. The van der Waals surface area contributed by atoms with Crippen molar-refractivity contribution in [2.45, 2.75) is 19.0 Å². The molecule has 37 heavy (non-hydrogen) atoms. The van der Waals surface area contributed by atoms with Crippen LogP contribution in [0.2, 0.25) is 0 Å². The van der Waals surface area contributed by atoms with E-state index in [1.54, 1.807) is 18.2 Å². The second kappa shape index (κ2) is 11.6. The van der Waals surface area contributed by atoms with E-state index in [2.05, 4.69) is 31.7 Å². The van der Waals surface area contributed by atoms with Gasteiger partial charge in [-0.05, 0) is 35.4 Å². The van der Waals surface area contributed by atoms with Crippen molar-refractivity contribution in [2.75, 3.05) is 7.05 Å². The fraction of sp³-hybridized carbons (Fsp3) is 0.148. The van der Waals surface area contributed by atoms with E-state index in [1.807, 2.05) is 54.6 Å². The summed E-state index contributed by atoms with van der Waals surface area (Å²) in [6.07, 6.45) is 0.273. The van der Waals surface area contributed by atoms with Gasteiger partial charge in [0.15, 0.2) is 0 Å². The van der Waals surface area contributed by atoms with Gasteiger partial charge < -0.3 is 10.6 Å². The lowest BCUT2D eigenvalue weighted by Gasteiger charge is -2.18. The number of para-hydroxylation sites is 1. The van der Waals surface area contributed by atoms with Gasteiger partial charge in [0.2, 0.25) is 5.91 Å². The molecule has 2 amide bonds. The maximum absolute atomic E-state index is 13.5.